The summed E-state index contributed by atoms with van der Waals surface area (Å²) in [5.41, 5.74) is 7.22. The molecule has 0 radical (unpaired) electrons. The van der Waals surface area contributed by atoms with Gasteiger partial charge in [-0.15, -0.1) is 0 Å². The zero-order chi connectivity index (χ0) is 26.4. The largest absolute Gasteiger partial charge is 0.324 e. The maximum absolute atomic E-state index is 12.7. The van der Waals surface area contributed by atoms with E-state index in [-0.39, 0.29) is 10.6 Å². The second kappa shape index (κ2) is 11.7. The SMILES string of the molecule is CC(=O)C(NNc1ccc2[nH]c(=O)[nH]c2c1)C(=O)Nc1ccc(S(=O)(=O)NCCN2CCCCC2)cc1. The van der Waals surface area contributed by atoms with Gasteiger partial charge in [0.15, 0.2) is 11.8 Å². The Hall–Kier alpha value is -3.52. The predicted molar refractivity (Wildman–Crippen MR) is 141 cm³/mol. The third kappa shape index (κ3) is 7.04. The van der Waals surface area contributed by atoms with Crippen molar-refractivity contribution < 1.29 is 18.0 Å². The van der Waals surface area contributed by atoms with Gasteiger partial charge in [-0.1, -0.05) is 6.42 Å². The van der Waals surface area contributed by atoms with E-state index in [4.69, 9.17) is 0 Å². The fraction of sp³-hybridized carbons (Fsp3) is 0.375. The molecule has 1 unspecified atom stereocenters. The molecular formula is C24H31N7O5S. The molecule has 198 valence electrons. The van der Waals surface area contributed by atoms with E-state index in [1.165, 1.54) is 37.6 Å². The first kappa shape index (κ1) is 26.5. The van der Waals surface area contributed by atoms with Crippen LogP contribution in [-0.2, 0) is 19.6 Å². The lowest BCUT2D eigenvalue weighted by atomic mass is 10.1. The number of nitrogens with zero attached hydrogens (tertiary/aromatic N) is 1. The Balaban J connectivity index is 1.32. The molecule has 1 amide bonds. The molecule has 1 aromatic heterocycles. The van der Waals surface area contributed by atoms with Crippen LogP contribution in [0.3, 0.4) is 0 Å². The molecule has 4 rings (SSSR count). The van der Waals surface area contributed by atoms with E-state index in [0.29, 0.717) is 35.5 Å². The molecule has 0 aliphatic carbocycles. The van der Waals surface area contributed by atoms with E-state index < -0.39 is 27.8 Å². The third-order valence-electron chi connectivity index (χ3n) is 6.15. The van der Waals surface area contributed by atoms with E-state index in [2.05, 4.69) is 35.8 Å². The van der Waals surface area contributed by atoms with Gasteiger partial charge in [0.25, 0.3) is 5.91 Å². The zero-order valence-corrected chi connectivity index (χ0v) is 21.3. The lowest BCUT2D eigenvalue weighted by Crippen LogP contribution is -2.48. The van der Waals surface area contributed by atoms with Crippen LogP contribution < -0.4 is 26.6 Å². The summed E-state index contributed by atoms with van der Waals surface area (Å²) in [6.45, 7) is 4.25. The van der Waals surface area contributed by atoms with Gasteiger partial charge >= 0.3 is 5.69 Å². The van der Waals surface area contributed by atoms with E-state index in [0.717, 1.165) is 25.9 Å². The average Bonchev–Trinajstić information content (AvgIpc) is 3.24. The number of fused-ring (bicyclic) bond motifs is 1. The van der Waals surface area contributed by atoms with Crippen molar-refractivity contribution in [3.8, 4) is 0 Å². The number of anilines is 2. The Labute approximate surface area is 214 Å². The standard InChI is InChI=1S/C24H31N7O5S/c1-16(32)22(30-29-18-7-10-20-21(15-18)28-24(34)27-20)23(33)26-17-5-8-19(9-6-17)37(35,36)25-11-14-31-12-3-2-4-13-31/h5-10,15,22,25,29-30H,2-4,11-14H2,1H3,(H,26,33)(H2,27,28,34). The molecule has 0 bridgehead atoms. The summed E-state index contributed by atoms with van der Waals surface area (Å²) in [4.78, 5) is 43.9. The number of amides is 1. The van der Waals surface area contributed by atoms with Crippen LogP contribution in [0.1, 0.15) is 26.2 Å². The summed E-state index contributed by atoms with van der Waals surface area (Å²) >= 11 is 0. The Morgan fingerprint density at radius 3 is 2.35 bits per heavy atom. The van der Waals surface area contributed by atoms with Crippen molar-refractivity contribution in [2.24, 2.45) is 0 Å². The highest BCUT2D eigenvalue weighted by molar-refractivity contribution is 7.89. The number of Topliss-reactive ketones (excluding diaryl/α,β-unsaturated/α-hetero) is 1. The fourth-order valence-electron chi connectivity index (χ4n) is 4.15. The number of aromatic nitrogens is 2. The quantitative estimate of drug-likeness (QED) is 0.159. The Morgan fingerprint density at radius 1 is 0.973 bits per heavy atom. The normalized spacial score (nSPS) is 15.4. The van der Waals surface area contributed by atoms with Gasteiger partial charge in [0, 0.05) is 18.8 Å². The van der Waals surface area contributed by atoms with Crippen molar-refractivity contribution in [2.45, 2.75) is 37.1 Å². The molecule has 2 heterocycles. The third-order valence-corrected chi connectivity index (χ3v) is 7.62. The fourth-order valence-corrected chi connectivity index (χ4v) is 5.17. The number of imidazole rings is 1. The average molecular weight is 530 g/mol. The molecule has 0 spiro atoms. The zero-order valence-electron chi connectivity index (χ0n) is 20.5. The monoisotopic (exact) mass is 529 g/mol. The lowest BCUT2D eigenvalue weighted by molar-refractivity contribution is -0.127. The molecule has 12 nitrogen and oxygen atoms in total. The minimum Gasteiger partial charge on any atom is -0.324 e. The molecule has 1 fully saturated rings. The molecule has 1 aliphatic rings. The molecule has 2 aromatic carbocycles. The summed E-state index contributed by atoms with van der Waals surface area (Å²) in [5.74, 6) is -1.05. The van der Waals surface area contributed by atoms with Gasteiger partial charge in [0.2, 0.25) is 10.0 Å². The first-order valence-electron chi connectivity index (χ1n) is 12.1. The Bertz CT molecular complexity index is 1410. The number of hydrogen-bond acceptors (Lipinski definition) is 8. The van der Waals surface area contributed by atoms with Gasteiger partial charge in [0.1, 0.15) is 0 Å². The van der Waals surface area contributed by atoms with Gasteiger partial charge < -0.3 is 25.6 Å². The van der Waals surface area contributed by atoms with E-state index >= 15 is 0 Å². The van der Waals surface area contributed by atoms with Gasteiger partial charge in [0.05, 0.1) is 21.6 Å². The second-order valence-electron chi connectivity index (χ2n) is 8.97. The molecular weight excluding hydrogens is 498 g/mol. The molecule has 37 heavy (non-hydrogen) atoms. The number of benzene rings is 2. The van der Waals surface area contributed by atoms with Crippen molar-refractivity contribution in [3.63, 3.8) is 0 Å². The number of hydrogen-bond donors (Lipinski definition) is 6. The molecule has 1 saturated heterocycles. The number of hydrazine groups is 1. The van der Waals surface area contributed by atoms with Gasteiger partial charge in [-0.2, -0.15) is 0 Å². The number of likely N-dealkylation sites (tertiary alicyclic amines) is 1. The lowest BCUT2D eigenvalue weighted by Gasteiger charge is -2.26. The summed E-state index contributed by atoms with van der Waals surface area (Å²) in [5, 5.41) is 2.62. The van der Waals surface area contributed by atoms with E-state index in [9.17, 15) is 22.8 Å². The Kier molecular flexibility index (Phi) is 8.38. The number of carbonyl (C=O) groups excluding carboxylic acids is 2. The van der Waals surface area contributed by atoms with Crippen LogP contribution in [0.4, 0.5) is 11.4 Å². The van der Waals surface area contributed by atoms with Crippen molar-refractivity contribution in [2.75, 3.05) is 36.9 Å². The van der Waals surface area contributed by atoms with E-state index in [1.807, 2.05) is 0 Å². The number of sulfonamides is 1. The molecule has 1 aliphatic heterocycles. The highest BCUT2D eigenvalue weighted by atomic mass is 32.2. The van der Waals surface area contributed by atoms with E-state index in [1.54, 1.807) is 18.2 Å². The first-order chi connectivity index (χ1) is 17.7. The van der Waals surface area contributed by atoms with Crippen LogP contribution in [0.15, 0.2) is 52.2 Å². The Morgan fingerprint density at radius 2 is 1.65 bits per heavy atom. The van der Waals surface area contributed by atoms with Crippen molar-refractivity contribution >= 4 is 44.1 Å². The van der Waals surface area contributed by atoms with Crippen LogP contribution >= 0.6 is 0 Å². The first-order valence-corrected chi connectivity index (χ1v) is 13.6. The molecule has 6 N–H and O–H groups in total. The molecule has 3 aromatic rings. The number of nitrogens with one attached hydrogen (secondary N) is 6. The van der Waals surface area contributed by atoms with Crippen LogP contribution in [0, 0.1) is 0 Å². The summed E-state index contributed by atoms with van der Waals surface area (Å²) in [6.07, 6.45) is 3.50. The summed E-state index contributed by atoms with van der Waals surface area (Å²) in [6, 6.07) is 9.53. The maximum Gasteiger partial charge on any atom is 0.323 e. The topological polar surface area (TPSA) is 168 Å². The molecule has 0 saturated carbocycles. The minimum atomic E-state index is -3.68. The van der Waals surface area contributed by atoms with Crippen LogP contribution in [0.5, 0.6) is 0 Å². The maximum atomic E-state index is 12.7. The van der Waals surface area contributed by atoms with Crippen LogP contribution in [0.2, 0.25) is 0 Å². The highest BCUT2D eigenvalue weighted by Gasteiger charge is 2.23. The van der Waals surface area contributed by atoms with Gasteiger partial charge in [-0.3, -0.25) is 9.59 Å². The van der Waals surface area contributed by atoms with Gasteiger partial charge in [-0.05, 0) is 75.3 Å². The smallest absolute Gasteiger partial charge is 0.323 e. The number of piperidine rings is 1. The number of carbonyl (C=O) groups is 2. The van der Waals surface area contributed by atoms with Crippen molar-refractivity contribution in [1.82, 2.24) is 25.0 Å². The molecule has 1 atom stereocenters. The van der Waals surface area contributed by atoms with Crippen molar-refractivity contribution in [1.29, 1.82) is 0 Å². The summed E-state index contributed by atoms with van der Waals surface area (Å²) < 4.78 is 27.8. The van der Waals surface area contributed by atoms with Crippen LogP contribution in [-0.4, -0.2) is 67.2 Å². The minimum absolute atomic E-state index is 0.0882. The second-order valence-corrected chi connectivity index (χ2v) is 10.7. The highest BCUT2D eigenvalue weighted by Crippen LogP contribution is 2.16. The van der Waals surface area contributed by atoms with Gasteiger partial charge in [-0.25, -0.2) is 23.4 Å². The molecule has 13 heteroatoms. The summed E-state index contributed by atoms with van der Waals surface area (Å²) in [7, 11) is -3.68. The van der Waals surface area contributed by atoms with Crippen LogP contribution in [0.25, 0.3) is 11.0 Å². The number of H-pyrrole nitrogens is 2. The van der Waals surface area contributed by atoms with Crippen molar-refractivity contribution in [3.05, 3.63) is 52.9 Å². The number of rotatable bonds is 11. The number of ketones is 1. The number of aromatic amines is 2. The predicted octanol–water partition coefficient (Wildman–Crippen LogP) is 1.13.